The molecular formula is C60H86N12O9. The molecule has 0 radical (unpaired) electrons. The van der Waals surface area contributed by atoms with Crippen LogP contribution in [0, 0.1) is 13.8 Å². The number of carbonyl (C=O) groups is 3. The Balaban J connectivity index is 0.000000317. The number of nitrogens with two attached hydrogens (primary N) is 3. The summed E-state index contributed by atoms with van der Waals surface area (Å²) in [5.41, 5.74) is 28.2. The maximum atomic E-state index is 10.5. The number of rotatable bonds is 33. The molecule has 0 aliphatic rings. The first-order valence-corrected chi connectivity index (χ1v) is 27.1. The number of nitrogen functional groups attached to an aromatic ring is 3. The van der Waals surface area contributed by atoms with Crippen molar-refractivity contribution in [1.29, 1.82) is 0 Å². The number of aryl methyl sites for hydroxylation is 2. The van der Waals surface area contributed by atoms with E-state index in [2.05, 4.69) is 72.7 Å². The molecule has 0 unspecified atom stereocenters. The van der Waals surface area contributed by atoms with Crippen LogP contribution in [0.1, 0.15) is 128 Å². The molecule has 0 amide bonds. The highest BCUT2D eigenvalue weighted by atomic mass is 16.5. The van der Waals surface area contributed by atoms with Gasteiger partial charge in [-0.1, -0.05) is 89.9 Å². The third kappa shape index (κ3) is 22.3. The van der Waals surface area contributed by atoms with Crippen molar-refractivity contribution < 1.29 is 42.8 Å². The van der Waals surface area contributed by atoms with Crippen molar-refractivity contribution in [3.63, 3.8) is 0 Å². The SMILES string of the molecule is C.CCCCNc1nc(N)nc(C)c1Cc1cc(CCOC=O)ccc1OC.CCCCNc1nc(N)nc(C)c1Cc1ccc(CCOC=O)cc1OC.CCCCNc1nc(N)nc(CCOC=O)c1Cc1ccccc1OC. The zero-order valence-corrected chi connectivity index (χ0v) is 47.8. The fraction of sp³-hybridized carbons (Fsp3) is 0.450. The first kappa shape index (κ1) is 66.8. The Morgan fingerprint density at radius 2 is 0.877 bits per heavy atom. The second-order valence-electron chi connectivity index (χ2n) is 18.5. The summed E-state index contributed by atoms with van der Waals surface area (Å²) in [6.07, 6.45) is 10.0. The molecule has 0 saturated carbocycles. The second-order valence-corrected chi connectivity index (χ2v) is 18.5. The van der Waals surface area contributed by atoms with E-state index in [0.717, 1.165) is 154 Å². The highest BCUT2D eigenvalue weighted by Crippen LogP contribution is 2.31. The summed E-state index contributed by atoms with van der Waals surface area (Å²) in [7, 11) is 4.95. The molecule has 0 atom stereocenters. The van der Waals surface area contributed by atoms with E-state index in [1.54, 1.807) is 21.3 Å². The van der Waals surface area contributed by atoms with Crippen molar-refractivity contribution in [2.24, 2.45) is 0 Å². The summed E-state index contributed by atoms with van der Waals surface area (Å²) in [5.74, 6) is 5.39. The summed E-state index contributed by atoms with van der Waals surface area (Å²) >= 11 is 0. The van der Waals surface area contributed by atoms with Crippen LogP contribution in [0.15, 0.2) is 60.7 Å². The molecule has 440 valence electrons. The molecule has 3 aromatic heterocycles. The van der Waals surface area contributed by atoms with Gasteiger partial charge in [0.1, 0.15) is 34.7 Å². The van der Waals surface area contributed by atoms with Gasteiger partial charge < -0.3 is 61.6 Å². The van der Waals surface area contributed by atoms with Gasteiger partial charge in [-0.15, -0.1) is 0 Å². The summed E-state index contributed by atoms with van der Waals surface area (Å²) in [6.45, 7) is 15.1. The topological polar surface area (TPSA) is 298 Å². The Morgan fingerprint density at radius 3 is 1.37 bits per heavy atom. The van der Waals surface area contributed by atoms with Crippen molar-refractivity contribution in [1.82, 2.24) is 29.9 Å². The standard InChI is InChI=1S/2C20H28N4O3.C19H26N4O3.CH4/c1-4-5-9-22-19-17(14(2)23-20(21)24-19)12-16-11-15(8-10-27-13-25)6-7-18(16)26-3;1-4-5-9-22-19-17(14(2)23-20(21)24-19)12-16-7-6-15(8-10-27-13-25)11-18(16)26-3;1-3-4-10-21-18-15(12-14-7-5-6-8-17(14)25-2)16(9-11-26-13-24)22-19(20)23-18;/h2*6-7,11,13H,4-5,8-10,12H2,1-3H3,(H3,21,22,23,24);5-8,13H,3-4,9-12H2,1-2H3,(H3,20,21,22,23);1H4. The molecule has 0 fully saturated rings. The molecule has 81 heavy (non-hydrogen) atoms. The van der Waals surface area contributed by atoms with Crippen molar-refractivity contribution in [3.05, 3.63) is 122 Å². The molecular weight excluding hydrogens is 1030 g/mol. The van der Waals surface area contributed by atoms with Crippen molar-refractivity contribution in [3.8, 4) is 17.2 Å². The number of aromatic nitrogens is 6. The highest BCUT2D eigenvalue weighted by Gasteiger charge is 2.19. The van der Waals surface area contributed by atoms with Crippen molar-refractivity contribution in [2.75, 3.05) is 93.9 Å². The molecule has 0 saturated heterocycles. The average Bonchev–Trinajstić information content (AvgIpc) is 3.45. The number of nitrogens with one attached hydrogen (secondary N) is 3. The van der Waals surface area contributed by atoms with Crippen LogP contribution in [0.2, 0.25) is 0 Å². The number of nitrogens with zero attached hydrogens (tertiary/aromatic N) is 6. The lowest BCUT2D eigenvalue weighted by molar-refractivity contribution is -0.129. The minimum absolute atomic E-state index is 0. The van der Waals surface area contributed by atoms with Gasteiger partial charge in [-0.25, -0.2) is 15.0 Å². The Hall–Kier alpha value is -8.49. The van der Waals surface area contributed by atoms with Crippen LogP contribution in [0.5, 0.6) is 17.2 Å². The van der Waals surface area contributed by atoms with E-state index in [9.17, 15) is 14.4 Å². The van der Waals surface area contributed by atoms with E-state index in [-0.39, 0.29) is 31.9 Å². The Bertz CT molecular complexity index is 2860. The number of anilines is 6. The van der Waals surface area contributed by atoms with Crippen molar-refractivity contribution in [2.45, 2.75) is 119 Å². The molecule has 6 aromatic rings. The molecule has 0 aliphatic heterocycles. The summed E-state index contributed by atoms with van der Waals surface area (Å²) < 4.78 is 31.0. The molecule has 3 heterocycles. The maximum Gasteiger partial charge on any atom is 0.293 e. The normalized spacial score (nSPS) is 10.3. The van der Waals surface area contributed by atoms with E-state index < -0.39 is 0 Å². The lowest BCUT2D eigenvalue weighted by Gasteiger charge is -2.17. The zero-order chi connectivity index (χ0) is 58.1. The largest absolute Gasteiger partial charge is 0.496 e. The first-order valence-electron chi connectivity index (χ1n) is 27.1. The van der Waals surface area contributed by atoms with Crippen LogP contribution in [0.4, 0.5) is 35.3 Å². The number of carbonyl (C=O) groups excluding carboxylic acids is 3. The van der Waals surface area contributed by atoms with Crippen LogP contribution in [-0.4, -0.2) is 110 Å². The van der Waals surface area contributed by atoms with Gasteiger partial charge in [0, 0.05) is 86.2 Å². The van der Waals surface area contributed by atoms with Gasteiger partial charge in [-0.05, 0) is 79.1 Å². The monoisotopic (exact) mass is 1120 g/mol. The van der Waals surface area contributed by atoms with E-state index in [1.807, 2.05) is 68.4 Å². The highest BCUT2D eigenvalue weighted by molar-refractivity contribution is 5.56. The van der Waals surface area contributed by atoms with Crippen LogP contribution in [0.25, 0.3) is 0 Å². The summed E-state index contributed by atoms with van der Waals surface area (Å²) in [4.78, 5) is 57.3. The number of para-hydroxylation sites is 1. The van der Waals surface area contributed by atoms with E-state index >= 15 is 0 Å². The molecule has 0 aliphatic carbocycles. The molecule has 21 nitrogen and oxygen atoms in total. The maximum absolute atomic E-state index is 10.5. The van der Waals surface area contributed by atoms with Crippen LogP contribution in [0.3, 0.4) is 0 Å². The number of benzene rings is 3. The van der Waals surface area contributed by atoms with Gasteiger partial charge in [0.15, 0.2) is 0 Å². The molecule has 0 spiro atoms. The van der Waals surface area contributed by atoms with Gasteiger partial charge in [0.25, 0.3) is 19.4 Å². The predicted octanol–water partition coefficient (Wildman–Crippen LogP) is 9.01. The minimum atomic E-state index is 0. The third-order valence-electron chi connectivity index (χ3n) is 12.7. The fourth-order valence-corrected chi connectivity index (χ4v) is 8.48. The second kappa shape index (κ2) is 37.4. The molecule has 9 N–H and O–H groups in total. The Labute approximate surface area is 478 Å². The first-order chi connectivity index (χ1) is 38.9. The number of ether oxygens (including phenoxy) is 6. The molecule has 21 heteroatoms. The van der Waals surface area contributed by atoms with Crippen LogP contribution in [-0.2, 0) is 67.1 Å². The van der Waals surface area contributed by atoms with Gasteiger partial charge >= 0.3 is 0 Å². The van der Waals surface area contributed by atoms with Gasteiger partial charge in [0.2, 0.25) is 17.8 Å². The smallest absolute Gasteiger partial charge is 0.293 e. The van der Waals surface area contributed by atoms with E-state index in [4.69, 9.17) is 45.6 Å². The van der Waals surface area contributed by atoms with E-state index in [1.165, 1.54) is 0 Å². The van der Waals surface area contributed by atoms with Gasteiger partial charge in [0.05, 0.1) is 46.8 Å². The van der Waals surface area contributed by atoms with Gasteiger partial charge in [-0.3, -0.25) is 14.4 Å². The van der Waals surface area contributed by atoms with Gasteiger partial charge in [-0.2, -0.15) is 15.0 Å². The fourth-order valence-electron chi connectivity index (χ4n) is 8.48. The van der Waals surface area contributed by atoms with E-state index in [0.29, 0.717) is 71.2 Å². The molecule has 3 aromatic carbocycles. The molecule has 0 bridgehead atoms. The zero-order valence-electron chi connectivity index (χ0n) is 47.8. The number of unbranched alkanes of at least 4 members (excludes halogenated alkanes) is 3. The van der Waals surface area contributed by atoms with Crippen LogP contribution >= 0.6 is 0 Å². The molecule has 6 rings (SSSR count). The lowest BCUT2D eigenvalue weighted by atomic mass is 10.00. The summed E-state index contributed by atoms with van der Waals surface area (Å²) in [6, 6.07) is 19.8. The summed E-state index contributed by atoms with van der Waals surface area (Å²) in [5, 5.41) is 10.1. The lowest BCUT2D eigenvalue weighted by Crippen LogP contribution is -2.14. The quantitative estimate of drug-likeness (QED) is 0.0127. The third-order valence-corrected chi connectivity index (χ3v) is 12.7. The number of hydrogen-bond acceptors (Lipinski definition) is 21. The Kier molecular flexibility index (Phi) is 30.8. The number of methoxy groups -OCH3 is 3. The number of hydrogen-bond donors (Lipinski definition) is 6. The van der Waals surface area contributed by atoms with Crippen molar-refractivity contribution >= 4 is 54.7 Å². The average molecular weight is 1120 g/mol. The Morgan fingerprint density at radius 1 is 0.469 bits per heavy atom. The minimum Gasteiger partial charge on any atom is -0.496 e. The predicted molar refractivity (Wildman–Crippen MR) is 320 cm³/mol. The van der Waals surface area contributed by atoms with Crippen LogP contribution < -0.4 is 47.4 Å².